The largest absolute Gasteiger partial charge is 0.318 e. The first kappa shape index (κ1) is 13.9. The fraction of sp³-hybridized carbons (Fsp3) is 0. The molecule has 1 heterocycles. The number of halogens is 3. The van der Waals surface area contributed by atoms with Crippen LogP contribution in [0.1, 0.15) is 4.88 Å². The Bertz CT molecular complexity index is 619. The molecule has 2 rings (SSSR count). The van der Waals surface area contributed by atoms with E-state index in [0.717, 1.165) is 20.8 Å². The second-order valence-electron chi connectivity index (χ2n) is 3.56. The van der Waals surface area contributed by atoms with Gasteiger partial charge in [-0.15, -0.1) is 11.3 Å². The van der Waals surface area contributed by atoms with Crippen molar-refractivity contribution in [2.45, 2.75) is 0 Å². The van der Waals surface area contributed by atoms with Gasteiger partial charge in [-0.3, -0.25) is 4.79 Å². The summed E-state index contributed by atoms with van der Waals surface area (Å²) in [6, 6.07) is 7.07. The van der Waals surface area contributed by atoms with E-state index in [9.17, 15) is 13.6 Å². The highest BCUT2D eigenvalue weighted by molar-refractivity contribution is 9.11. The van der Waals surface area contributed by atoms with E-state index in [2.05, 4.69) is 21.2 Å². The zero-order chi connectivity index (χ0) is 13.8. The molecule has 1 amide bonds. The number of hydrogen-bond acceptors (Lipinski definition) is 2. The Kier molecular flexibility index (Phi) is 4.44. The van der Waals surface area contributed by atoms with Crippen molar-refractivity contribution in [3.63, 3.8) is 0 Å². The van der Waals surface area contributed by atoms with Gasteiger partial charge < -0.3 is 5.32 Å². The molecule has 0 saturated heterocycles. The first-order valence-electron chi connectivity index (χ1n) is 5.24. The van der Waals surface area contributed by atoms with Crippen molar-refractivity contribution in [3.05, 3.63) is 56.7 Å². The average molecular weight is 344 g/mol. The van der Waals surface area contributed by atoms with Crippen LogP contribution in [-0.4, -0.2) is 5.91 Å². The monoisotopic (exact) mass is 343 g/mol. The highest BCUT2D eigenvalue weighted by Gasteiger charge is 2.09. The van der Waals surface area contributed by atoms with E-state index >= 15 is 0 Å². The number of carbonyl (C=O) groups is 1. The molecule has 6 heteroatoms. The summed E-state index contributed by atoms with van der Waals surface area (Å²) >= 11 is 4.74. The molecule has 0 aliphatic carbocycles. The standard InChI is InChI=1S/C13H8BrF2NOS/c14-11-6-4-8(19-11)5-7-12(18)17-13-9(15)2-1-3-10(13)16/h1-7H,(H,17,18)/b7-5+. The topological polar surface area (TPSA) is 29.1 Å². The molecule has 0 atom stereocenters. The number of rotatable bonds is 3. The maximum absolute atomic E-state index is 13.3. The van der Waals surface area contributed by atoms with Gasteiger partial charge in [0.15, 0.2) is 0 Å². The van der Waals surface area contributed by atoms with E-state index in [1.54, 1.807) is 6.08 Å². The molecule has 0 unspecified atom stereocenters. The van der Waals surface area contributed by atoms with Crippen molar-refractivity contribution in [2.24, 2.45) is 0 Å². The lowest BCUT2D eigenvalue weighted by Gasteiger charge is -2.04. The molecule has 1 aromatic heterocycles. The minimum absolute atomic E-state index is 0.440. The summed E-state index contributed by atoms with van der Waals surface area (Å²) in [5.74, 6) is -2.20. The zero-order valence-corrected chi connectivity index (χ0v) is 11.9. The molecule has 0 spiro atoms. The molecule has 98 valence electrons. The van der Waals surface area contributed by atoms with Gasteiger partial charge in [-0.1, -0.05) is 6.07 Å². The Balaban J connectivity index is 2.07. The first-order chi connectivity index (χ1) is 9.06. The van der Waals surface area contributed by atoms with E-state index in [1.165, 1.54) is 23.5 Å². The third-order valence-corrected chi connectivity index (χ3v) is 3.79. The summed E-state index contributed by atoms with van der Waals surface area (Å²) in [5, 5.41) is 2.17. The van der Waals surface area contributed by atoms with Gasteiger partial charge in [0.25, 0.3) is 0 Å². The molecular weight excluding hydrogens is 336 g/mol. The van der Waals surface area contributed by atoms with Crippen LogP contribution in [0, 0.1) is 11.6 Å². The van der Waals surface area contributed by atoms with Gasteiger partial charge in [-0.2, -0.15) is 0 Å². The van der Waals surface area contributed by atoms with E-state index in [-0.39, 0.29) is 0 Å². The Morgan fingerprint density at radius 2 is 1.89 bits per heavy atom. The minimum atomic E-state index is -0.805. The highest BCUT2D eigenvalue weighted by Crippen LogP contribution is 2.23. The van der Waals surface area contributed by atoms with Crippen LogP contribution in [0.15, 0.2) is 40.2 Å². The molecule has 0 saturated carbocycles. The van der Waals surface area contributed by atoms with Crippen LogP contribution in [0.5, 0.6) is 0 Å². The quantitative estimate of drug-likeness (QED) is 0.820. The van der Waals surface area contributed by atoms with Gasteiger partial charge in [0.2, 0.25) is 5.91 Å². The van der Waals surface area contributed by atoms with Gasteiger partial charge >= 0.3 is 0 Å². The van der Waals surface area contributed by atoms with E-state index in [0.29, 0.717) is 0 Å². The van der Waals surface area contributed by atoms with Gasteiger partial charge in [0, 0.05) is 11.0 Å². The van der Waals surface area contributed by atoms with E-state index < -0.39 is 23.2 Å². The van der Waals surface area contributed by atoms with E-state index in [1.807, 2.05) is 12.1 Å². The van der Waals surface area contributed by atoms with Crippen molar-refractivity contribution < 1.29 is 13.6 Å². The van der Waals surface area contributed by atoms with E-state index in [4.69, 9.17) is 0 Å². The summed E-state index contributed by atoms with van der Waals surface area (Å²) in [4.78, 5) is 12.4. The lowest BCUT2D eigenvalue weighted by Crippen LogP contribution is -2.10. The molecule has 0 bridgehead atoms. The van der Waals surface area contributed by atoms with Gasteiger partial charge in [-0.25, -0.2) is 8.78 Å². The number of benzene rings is 1. The van der Waals surface area contributed by atoms with Crippen LogP contribution in [0.4, 0.5) is 14.5 Å². The van der Waals surface area contributed by atoms with Crippen molar-refractivity contribution >= 4 is 44.9 Å². The molecule has 0 aliphatic rings. The predicted molar refractivity (Wildman–Crippen MR) is 76.0 cm³/mol. The van der Waals surface area contributed by atoms with Crippen molar-refractivity contribution in [1.29, 1.82) is 0 Å². The molecule has 2 aromatic rings. The number of carbonyl (C=O) groups excluding carboxylic acids is 1. The van der Waals surface area contributed by atoms with Gasteiger partial charge in [0.05, 0.1) is 3.79 Å². The number of hydrogen-bond donors (Lipinski definition) is 1. The molecule has 1 aromatic carbocycles. The molecule has 2 nitrogen and oxygen atoms in total. The number of para-hydroxylation sites is 1. The SMILES string of the molecule is O=C(/C=C/c1ccc(Br)s1)Nc1c(F)cccc1F. The molecule has 19 heavy (non-hydrogen) atoms. The summed E-state index contributed by atoms with van der Waals surface area (Å²) in [5.41, 5.74) is -0.440. The fourth-order valence-corrected chi connectivity index (χ4v) is 2.68. The molecule has 1 N–H and O–H groups in total. The lowest BCUT2D eigenvalue weighted by molar-refractivity contribution is -0.111. The Morgan fingerprint density at radius 3 is 2.47 bits per heavy atom. The molecule has 0 fully saturated rings. The molecular formula is C13H8BrF2NOS. The Hall–Kier alpha value is -1.53. The van der Waals surface area contributed by atoms with Crippen LogP contribution in [0.2, 0.25) is 0 Å². The van der Waals surface area contributed by atoms with Crippen molar-refractivity contribution in [1.82, 2.24) is 0 Å². The third-order valence-electron chi connectivity index (χ3n) is 2.20. The van der Waals surface area contributed by atoms with Crippen molar-refractivity contribution in [2.75, 3.05) is 5.32 Å². The number of thiophene rings is 1. The van der Waals surface area contributed by atoms with Crippen molar-refractivity contribution in [3.8, 4) is 0 Å². The van der Waals surface area contributed by atoms with Crippen LogP contribution >= 0.6 is 27.3 Å². The second kappa shape index (κ2) is 6.08. The summed E-state index contributed by atoms with van der Waals surface area (Å²) in [7, 11) is 0. The smallest absolute Gasteiger partial charge is 0.248 e. The van der Waals surface area contributed by atoms with Gasteiger partial charge in [0.1, 0.15) is 17.3 Å². The van der Waals surface area contributed by atoms with Crippen LogP contribution in [0.25, 0.3) is 6.08 Å². The average Bonchev–Trinajstić information content (AvgIpc) is 2.77. The predicted octanol–water partition coefficient (Wildman–Crippen LogP) is 4.44. The summed E-state index contributed by atoms with van der Waals surface area (Å²) in [6.07, 6.45) is 2.80. The summed E-state index contributed by atoms with van der Waals surface area (Å²) < 4.78 is 27.5. The minimum Gasteiger partial charge on any atom is -0.318 e. The van der Waals surface area contributed by atoms with Crippen LogP contribution in [0.3, 0.4) is 0 Å². The maximum atomic E-state index is 13.3. The van der Waals surface area contributed by atoms with Gasteiger partial charge in [-0.05, 0) is 46.3 Å². The van der Waals surface area contributed by atoms with Crippen LogP contribution < -0.4 is 5.32 Å². The molecule has 0 aliphatic heterocycles. The maximum Gasteiger partial charge on any atom is 0.248 e. The second-order valence-corrected chi connectivity index (χ2v) is 6.06. The zero-order valence-electron chi connectivity index (χ0n) is 9.49. The third kappa shape index (κ3) is 3.71. The normalized spacial score (nSPS) is 10.9. The number of nitrogens with one attached hydrogen (secondary N) is 1. The number of amides is 1. The highest BCUT2D eigenvalue weighted by atomic mass is 79.9. The lowest BCUT2D eigenvalue weighted by atomic mass is 10.3. The first-order valence-corrected chi connectivity index (χ1v) is 6.85. The Labute approximate surface area is 120 Å². The van der Waals surface area contributed by atoms with Crippen LogP contribution in [-0.2, 0) is 4.79 Å². The number of anilines is 1. The fourth-order valence-electron chi connectivity index (χ4n) is 1.36. The summed E-state index contributed by atoms with van der Waals surface area (Å²) in [6.45, 7) is 0. The Morgan fingerprint density at radius 1 is 1.21 bits per heavy atom. The molecule has 0 radical (unpaired) electrons.